The van der Waals surface area contributed by atoms with Gasteiger partial charge in [0.2, 0.25) is 10.0 Å². The van der Waals surface area contributed by atoms with Crippen molar-refractivity contribution in [2.75, 3.05) is 13.1 Å². The zero-order valence-electron chi connectivity index (χ0n) is 13.0. The first-order chi connectivity index (χ1) is 11.6. The third-order valence-electron chi connectivity index (χ3n) is 3.68. The molecule has 0 aromatic heterocycles. The van der Waals surface area contributed by atoms with Gasteiger partial charge in [0.05, 0.1) is 11.4 Å². The molecule has 2 aromatic rings. The summed E-state index contributed by atoms with van der Waals surface area (Å²) in [5.74, 6) is 0. The van der Waals surface area contributed by atoms with Crippen LogP contribution in [0, 0.1) is 0 Å². The molecule has 1 aliphatic rings. The number of rotatable bonds is 7. The first-order valence-corrected chi connectivity index (χ1v) is 9.75. The smallest absolute Gasteiger partial charge is 0.245 e. The van der Waals surface area contributed by atoms with Gasteiger partial charge in [0.1, 0.15) is 16.3 Å². The quantitative estimate of drug-likeness (QED) is 0.701. The molecule has 8 heteroatoms. The van der Waals surface area contributed by atoms with Gasteiger partial charge in [0, 0.05) is 13.1 Å². The summed E-state index contributed by atoms with van der Waals surface area (Å²) < 4.78 is 36.1. The van der Waals surface area contributed by atoms with E-state index in [-0.39, 0.29) is 4.90 Å². The van der Waals surface area contributed by atoms with Crippen LogP contribution in [0.4, 0.5) is 11.4 Å². The standard InChI is InChI=1S/C16H18N4O2S2/c17-10-5-11-20(12-13-6-2-1-3-7-13)24(21,22)15-9-4-8-14-16(15)19-23-18-14/h1-4,6-9H,5,10-12,17H2. The van der Waals surface area contributed by atoms with Crippen molar-refractivity contribution >= 4 is 32.8 Å². The number of hydrogen-bond acceptors (Lipinski definition) is 5. The molecule has 24 heavy (non-hydrogen) atoms. The van der Waals surface area contributed by atoms with Gasteiger partial charge in [-0.25, -0.2) is 8.42 Å². The highest BCUT2D eigenvalue weighted by atomic mass is 32.2. The number of benzene rings is 2. The maximum Gasteiger partial charge on any atom is 0.245 e. The molecule has 0 bridgehead atoms. The Hall–Kier alpha value is -1.87. The number of nitrogens with two attached hydrogens (primary N) is 1. The first kappa shape index (κ1) is 17.0. The third-order valence-corrected chi connectivity index (χ3v) is 6.10. The maximum absolute atomic E-state index is 13.2. The summed E-state index contributed by atoms with van der Waals surface area (Å²) in [6.07, 6.45) is 0.595. The molecule has 0 fully saturated rings. The van der Waals surface area contributed by atoms with Crippen molar-refractivity contribution in [1.82, 2.24) is 4.31 Å². The van der Waals surface area contributed by atoms with Crippen molar-refractivity contribution in [3.63, 3.8) is 0 Å². The van der Waals surface area contributed by atoms with E-state index in [0.29, 0.717) is 37.4 Å². The molecule has 0 radical (unpaired) electrons. The number of fused-ring (bicyclic) bond motifs is 1. The van der Waals surface area contributed by atoms with Gasteiger partial charge in [0.25, 0.3) is 0 Å². The Bertz CT molecular complexity index is 892. The Morgan fingerprint density at radius 3 is 2.58 bits per heavy atom. The molecule has 1 aliphatic heterocycles. The van der Waals surface area contributed by atoms with Crippen molar-refractivity contribution in [3.05, 3.63) is 54.1 Å². The van der Waals surface area contributed by atoms with E-state index < -0.39 is 10.0 Å². The molecule has 2 aromatic carbocycles. The zero-order chi connectivity index (χ0) is 17.0. The summed E-state index contributed by atoms with van der Waals surface area (Å²) in [5, 5.41) is 0. The molecule has 0 amide bonds. The molecule has 0 atom stereocenters. The van der Waals surface area contributed by atoms with Gasteiger partial charge in [-0.2, -0.15) is 13.0 Å². The van der Waals surface area contributed by atoms with E-state index in [1.165, 1.54) is 4.31 Å². The second-order valence-corrected chi connectivity index (χ2v) is 7.79. The van der Waals surface area contributed by atoms with E-state index >= 15 is 0 Å². The molecule has 0 spiro atoms. The fourth-order valence-electron chi connectivity index (χ4n) is 2.47. The molecule has 3 rings (SSSR count). The van der Waals surface area contributed by atoms with E-state index in [9.17, 15) is 8.42 Å². The van der Waals surface area contributed by atoms with Crippen LogP contribution in [0.3, 0.4) is 0 Å². The monoisotopic (exact) mass is 362 g/mol. The lowest BCUT2D eigenvalue weighted by Gasteiger charge is -2.22. The first-order valence-electron chi connectivity index (χ1n) is 7.58. The minimum absolute atomic E-state index is 0.196. The SMILES string of the molecule is NCCCN(Cc1ccccc1)S(=O)(=O)c1cccc2c1N=S=N2. The molecular weight excluding hydrogens is 344 g/mol. The molecular formula is C16H18N4O2S2. The highest BCUT2D eigenvalue weighted by molar-refractivity contribution is 7.89. The molecule has 0 saturated carbocycles. The summed E-state index contributed by atoms with van der Waals surface area (Å²) in [6, 6.07) is 14.6. The molecule has 1 heterocycles. The fourth-order valence-corrected chi connectivity index (χ4v) is 4.69. The number of nitrogens with zero attached hydrogens (tertiary/aromatic N) is 3. The predicted molar refractivity (Wildman–Crippen MR) is 95.7 cm³/mol. The predicted octanol–water partition coefficient (Wildman–Crippen LogP) is 2.95. The van der Waals surface area contributed by atoms with Gasteiger partial charge in [-0.3, -0.25) is 0 Å². The molecule has 0 unspecified atom stereocenters. The molecule has 0 saturated heterocycles. The largest absolute Gasteiger partial charge is 0.330 e. The van der Waals surface area contributed by atoms with Crippen molar-refractivity contribution in [3.8, 4) is 0 Å². The highest BCUT2D eigenvalue weighted by Gasteiger charge is 2.29. The lowest BCUT2D eigenvalue weighted by atomic mass is 10.2. The van der Waals surface area contributed by atoms with Crippen LogP contribution in [-0.2, 0) is 27.9 Å². The maximum atomic E-state index is 13.2. The molecule has 6 nitrogen and oxygen atoms in total. The van der Waals surface area contributed by atoms with E-state index in [1.54, 1.807) is 18.2 Å². The van der Waals surface area contributed by atoms with Crippen LogP contribution in [0.25, 0.3) is 0 Å². The minimum atomic E-state index is -3.69. The van der Waals surface area contributed by atoms with Crippen molar-refractivity contribution in [1.29, 1.82) is 0 Å². The Balaban J connectivity index is 1.97. The van der Waals surface area contributed by atoms with Crippen LogP contribution in [0.5, 0.6) is 0 Å². The van der Waals surface area contributed by atoms with Gasteiger partial charge in [-0.15, -0.1) is 0 Å². The zero-order valence-corrected chi connectivity index (χ0v) is 14.6. The van der Waals surface area contributed by atoms with E-state index in [0.717, 1.165) is 16.9 Å². The Kier molecular flexibility index (Phi) is 5.20. The van der Waals surface area contributed by atoms with E-state index in [1.807, 2.05) is 30.3 Å². The number of sulfonamides is 1. The van der Waals surface area contributed by atoms with Crippen LogP contribution in [0.2, 0.25) is 0 Å². The summed E-state index contributed by atoms with van der Waals surface area (Å²) in [5.41, 5.74) is 7.54. The average molecular weight is 362 g/mol. The molecule has 2 N–H and O–H groups in total. The Labute approximate surface area is 145 Å². The Morgan fingerprint density at radius 1 is 1.04 bits per heavy atom. The van der Waals surface area contributed by atoms with Gasteiger partial charge in [-0.05, 0) is 30.7 Å². The summed E-state index contributed by atoms with van der Waals surface area (Å²) in [4.78, 5) is 0.196. The van der Waals surface area contributed by atoms with Crippen LogP contribution in [0.1, 0.15) is 12.0 Å². The second kappa shape index (κ2) is 7.35. The normalized spacial score (nSPS) is 13.1. The number of hydrogen-bond donors (Lipinski definition) is 1. The van der Waals surface area contributed by atoms with Crippen molar-refractivity contribution in [2.24, 2.45) is 14.5 Å². The van der Waals surface area contributed by atoms with E-state index in [2.05, 4.69) is 8.73 Å². The van der Waals surface area contributed by atoms with Crippen LogP contribution >= 0.6 is 0 Å². The van der Waals surface area contributed by atoms with Crippen molar-refractivity contribution in [2.45, 2.75) is 17.9 Å². The highest BCUT2D eigenvalue weighted by Crippen LogP contribution is 2.38. The van der Waals surface area contributed by atoms with Crippen LogP contribution in [0.15, 0.2) is 62.2 Å². The summed E-state index contributed by atoms with van der Waals surface area (Å²) in [7, 11) is -3.69. The fraction of sp³-hybridized carbons (Fsp3) is 0.250. The van der Waals surface area contributed by atoms with Gasteiger partial charge in [-0.1, -0.05) is 36.4 Å². The third kappa shape index (κ3) is 3.46. The van der Waals surface area contributed by atoms with Gasteiger partial charge < -0.3 is 5.73 Å². The Morgan fingerprint density at radius 2 is 1.83 bits per heavy atom. The van der Waals surface area contributed by atoms with Crippen molar-refractivity contribution < 1.29 is 8.42 Å². The summed E-state index contributed by atoms with van der Waals surface area (Å²) >= 11 is 1.01. The molecule has 126 valence electrons. The van der Waals surface area contributed by atoms with E-state index in [4.69, 9.17) is 5.73 Å². The average Bonchev–Trinajstić information content (AvgIpc) is 3.07. The summed E-state index contributed by atoms with van der Waals surface area (Å²) in [6.45, 7) is 1.10. The second-order valence-electron chi connectivity index (χ2n) is 5.35. The minimum Gasteiger partial charge on any atom is -0.330 e. The molecule has 0 aliphatic carbocycles. The van der Waals surface area contributed by atoms with Crippen LogP contribution in [-0.4, -0.2) is 25.8 Å². The topological polar surface area (TPSA) is 88.1 Å². The van der Waals surface area contributed by atoms with Gasteiger partial charge >= 0.3 is 0 Å². The lowest BCUT2D eigenvalue weighted by molar-refractivity contribution is 0.402. The van der Waals surface area contributed by atoms with Gasteiger partial charge in [0.15, 0.2) is 0 Å². The lowest BCUT2D eigenvalue weighted by Crippen LogP contribution is -2.32. The van der Waals surface area contributed by atoms with Crippen LogP contribution < -0.4 is 5.73 Å².